The largest absolute Gasteiger partial charge is 0.455 e. The van der Waals surface area contributed by atoms with Gasteiger partial charge in [0.2, 0.25) is 0 Å². The molecule has 8 heteroatoms. The first kappa shape index (κ1) is 21.8. The second-order valence-corrected chi connectivity index (χ2v) is 8.28. The first-order chi connectivity index (χ1) is 15.5. The highest BCUT2D eigenvalue weighted by atomic mass is 35.5. The van der Waals surface area contributed by atoms with Gasteiger partial charge in [-0.15, -0.1) is 11.8 Å². The molecule has 4 rings (SSSR count). The highest BCUT2D eigenvalue weighted by Gasteiger charge is 2.31. The maximum atomic E-state index is 13.0. The lowest BCUT2D eigenvalue weighted by Gasteiger charge is -2.20. The molecule has 1 amide bonds. The van der Waals surface area contributed by atoms with E-state index in [9.17, 15) is 19.2 Å². The fraction of sp³-hybridized carbons (Fsp3) is 0.0833. The molecule has 0 fully saturated rings. The average molecular weight is 466 g/mol. The first-order valence-corrected chi connectivity index (χ1v) is 11.0. The Morgan fingerprint density at radius 3 is 2.25 bits per heavy atom. The van der Waals surface area contributed by atoms with E-state index in [0.717, 1.165) is 4.90 Å². The Kier molecular flexibility index (Phi) is 6.39. The van der Waals surface area contributed by atoms with Crippen LogP contribution in [0, 0.1) is 0 Å². The molecule has 0 bridgehead atoms. The summed E-state index contributed by atoms with van der Waals surface area (Å²) in [7, 11) is 0. The Morgan fingerprint density at radius 1 is 0.844 bits per heavy atom. The molecular formula is C24H16ClNO5S. The summed E-state index contributed by atoms with van der Waals surface area (Å²) in [5.41, 5.74) is 1.17. The predicted octanol–water partition coefficient (Wildman–Crippen LogP) is 4.39. The van der Waals surface area contributed by atoms with Gasteiger partial charge in [0.15, 0.2) is 18.2 Å². The minimum atomic E-state index is -0.617. The lowest BCUT2D eigenvalue weighted by molar-refractivity contribution is -0.144. The van der Waals surface area contributed by atoms with E-state index in [1.807, 2.05) is 0 Å². The van der Waals surface area contributed by atoms with Gasteiger partial charge in [0, 0.05) is 21.6 Å². The number of benzene rings is 3. The van der Waals surface area contributed by atoms with Crippen LogP contribution < -0.4 is 5.32 Å². The van der Waals surface area contributed by atoms with Crippen molar-refractivity contribution in [2.45, 2.75) is 4.90 Å². The number of carbonyl (C=O) groups excluding carboxylic acids is 4. The van der Waals surface area contributed by atoms with Gasteiger partial charge in [0.25, 0.3) is 5.91 Å². The van der Waals surface area contributed by atoms with Gasteiger partial charge in [-0.05, 0) is 18.2 Å². The van der Waals surface area contributed by atoms with Crippen molar-refractivity contribution in [3.8, 4) is 0 Å². The van der Waals surface area contributed by atoms with E-state index in [0.29, 0.717) is 10.6 Å². The lowest BCUT2D eigenvalue weighted by atomic mass is 9.83. The van der Waals surface area contributed by atoms with Crippen LogP contribution in [0.25, 0.3) is 0 Å². The van der Waals surface area contributed by atoms with Crippen LogP contribution in [0.2, 0.25) is 5.02 Å². The van der Waals surface area contributed by atoms with Crippen molar-refractivity contribution < 1.29 is 23.9 Å². The summed E-state index contributed by atoms with van der Waals surface area (Å²) in [6.45, 7) is -0.524. The average Bonchev–Trinajstić information content (AvgIpc) is 2.80. The first-order valence-electron chi connectivity index (χ1n) is 9.60. The van der Waals surface area contributed by atoms with Crippen LogP contribution >= 0.6 is 23.4 Å². The molecule has 0 radical (unpaired) electrons. The standard InChI is InChI=1S/C24H16ClNO5S/c25-17-9-3-4-11-19(17)32-13-21(28)31-12-20(27)26-18-10-5-8-16-22(18)24(30)15-7-2-1-6-14(15)23(16)29/h1-11H,12-13H2,(H,26,27). The second kappa shape index (κ2) is 9.38. The number of amides is 1. The zero-order chi connectivity index (χ0) is 22.7. The summed E-state index contributed by atoms with van der Waals surface area (Å²) in [6.07, 6.45) is 0. The molecule has 0 saturated carbocycles. The fourth-order valence-corrected chi connectivity index (χ4v) is 4.36. The number of fused-ring (bicyclic) bond motifs is 2. The van der Waals surface area contributed by atoms with E-state index in [4.69, 9.17) is 16.3 Å². The van der Waals surface area contributed by atoms with E-state index in [-0.39, 0.29) is 39.7 Å². The maximum absolute atomic E-state index is 13.0. The van der Waals surface area contributed by atoms with Gasteiger partial charge in [-0.1, -0.05) is 60.1 Å². The summed E-state index contributed by atoms with van der Waals surface area (Å²) in [5, 5.41) is 3.10. The van der Waals surface area contributed by atoms with Gasteiger partial charge in [0.1, 0.15) is 0 Å². The molecule has 3 aromatic carbocycles. The lowest BCUT2D eigenvalue weighted by Crippen LogP contribution is -2.26. The minimum absolute atomic E-state index is 0.0124. The zero-order valence-electron chi connectivity index (χ0n) is 16.6. The number of esters is 1. The minimum Gasteiger partial charge on any atom is -0.455 e. The van der Waals surface area contributed by atoms with Crippen LogP contribution in [0.1, 0.15) is 31.8 Å². The van der Waals surface area contributed by atoms with Crippen molar-refractivity contribution >= 4 is 52.5 Å². The van der Waals surface area contributed by atoms with Crippen LogP contribution in [-0.4, -0.2) is 35.8 Å². The molecule has 1 N–H and O–H groups in total. The molecule has 0 aliphatic heterocycles. The van der Waals surface area contributed by atoms with E-state index in [1.54, 1.807) is 60.7 Å². The van der Waals surface area contributed by atoms with Crippen molar-refractivity contribution in [3.63, 3.8) is 0 Å². The summed E-state index contributed by atoms with van der Waals surface area (Å²) >= 11 is 7.25. The number of halogens is 1. The number of anilines is 1. The molecule has 160 valence electrons. The molecule has 1 aliphatic carbocycles. The molecule has 0 heterocycles. The molecule has 0 atom stereocenters. The molecule has 0 spiro atoms. The Labute approximate surface area is 192 Å². The Hall–Kier alpha value is -3.42. The van der Waals surface area contributed by atoms with Crippen molar-refractivity contribution in [2.24, 2.45) is 0 Å². The van der Waals surface area contributed by atoms with E-state index in [2.05, 4.69) is 5.32 Å². The number of hydrogen-bond donors (Lipinski definition) is 1. The summed E-state index contributed by atoms with van der Waals surface area (Å²) in [5.74, 6) is -1.84. The molecule has 0 unspecified atom stereocenters. The van der Waals surface area contributed by atoms with Gasteiger partial charge < -0.3 is 10.1 Å². The Morgan fingerprint density at radius 2 is 1.50 bits per heavy atom. The number of thioether (sulfide) groups is 1. The van der Waals surface area contributed by atoms with E-state index >= 15 is 0 Å². The summed E-state index contributed by atoms with van der Waals surface area (Å²) < 4.78 is 5.02. The van der Waals surface area contributed by atoms with Crippen LogP contribution in [0.5, 0.6) is 0 Å². The number of ether oxygens (including phenoxy) is 1. The van der Waals surface area contributed by atoms with Crippen molar-refractivity contribution in [1.29, 1.82) is 0 Å². The van der Waals surface area contributed by atoms with Gasteiger partial charge in [-0.2, -0.15) is 0 Å². The summed E-state index contributed by atoms with van der Waals surface area (Å²) in [6, 6.07) is 18.3. The van der Waals surface area contributed by atoms with Crippen molar-refractivity contribution in [2.75, 3.05) is 17.7 Å². The molecule has 0 aromatic heterocycles. The van der Waals surface area contributed by atoms with E-state index < -0.39 is 18.5 Å². The molecular weight excluding hydrogens is 450 g/mol. The maximum Gasteiger partial charge on any atom is 0.316 e. The van der Waals surface area contributed by atoms with Crippen molar-refractivity contribution in [1.82, 2.24) is 0 Å². The normalized spacial score (nSPS) is 12.0. The molecule has 1 aliphatic rings. The third-order valence-corrected chi connectivity index (χ3v) is 6.26. The van der Waals surface area contributed by atoms with E-state index in [1.165, 1.54) is 17.8 Å². The molecule has 0 saturated heterocycles. The van der Waals surface area contributed by atoms with Crippen LogP contribution in [-0.2, 0) is 14.3 Å². The van der Waals surface area contributed by atoms with Gasteiger partial charge >= 0.3 is 5.97 Å². The SMILES string of the molecule is O=C(COC(=O)CSc1ccccc1Cl)Nc1cccc2c1C(=O)c1ccccc1C2=O. The smallest absolute Gasteiger partial charge is 0.316 e. The summed E-state index contributed by atoms with van der Waals surface area (Å²) in [4.78, 5) is 50.8. The van der Waals surface area contributed by atoms with Crippen LogP contribution in [0.4, 0.5) is 5.69 Å². The number of nitrogens with one attached hydrogen (secondary N) is 1. The highest BCUT2D eigenvalue weighted by Crippen LogP contribution is 2.32. The third kappa shape index (κ3) is 4.44. The van der Waals surface area contributed by atoms with Gasteiger partial charge in [-0.25, -0.2) is 0 Å². The highest BCUT2D eigenvalue weighted by molar-refractivity contribution is 8.00. The van der Waals surface area contributed by atoms with Crippen molar-refractivity contribution in [3.05, 3.63) is 94.0 Å². The quantitative estimate of drug-likeness (QED) is 0.335. The molecule has 32 heavy (non-hydrogen) atoms. The number of hydrogen-bond acceptors (Lipinski definition) is 6. The monoisotopic (exact) mass is 465 g/mol. The number of carbonyl (C=O) groups is 4. The number of ketones is 2. The predicted molar refractivity (Wildman–Crippen MR) is 122 cm³/mol. The fourth-order valence-electron chi connectivity index (χ4n) is 3.32. The van der Waals surface area contributed by atoms with Gasteiger partial charge in [0.05, 0.1) is 22.0 Å². The van der Waals surface area contributed by atoms with Gasteiger partial charge in [-0.3, -0.25) is 19.2 Å². The van der Waals surface area contributed by atoms with Crippen LogP contribution in [0.3, 0.4) is 0 Å². The topological polar surface area (TPSA) is 89.5 Å². The molecule has 3 aromatic rings. The third-order valence-electron chi connectivity index (χ3n) is 4.77. The number of rotatable bonds is 6. The Bertz CT molecular complexity index is 1260. The molecule has 6 nitrogen and oxygen atoms in total. The second-order valence-electron chi connectivity index (χ2n) is 6.86. The van der Waals surface area contributed by atoms with Crippen LogP contribution in [0.15, 0.2) is 71.6 Å². The zero-order valence-corrected chi connectivity index (χ0v) is 18.2. The Balaban J connectivity index is 1.40.